The van der Waals surface area contributed by atoms with Gasteiger partial charge in [0, 0.05) is 12.6 Å². The molecular weight excluding hydrogens is 246 g/mol. The smallest absolute Gasteiger partial charge is 0.0917 e. The molecule has 0 bridgehead atoms. The summed E-state index contributed by atoms with van der Waals surface area (Å²) in [5.41, 5.74) is 2.43. The molecular formula is C18H29NO. The molecule has 1 fully saturated rings. The van der Waals surface area contributed by atoms with Gasteiger partial charge < -0.3 is 5.11 Å². The summed E-state index contributed by atoms with van der Waals surface area (Å²) in [6.07, 6.45) is 7.06. The predicted octanol–water partition coefficient (Wildman–Crippen LogP) is 3.94. The highest BCUT2D eigenvalue weighted by atomic mass is 16.3. The van der Waals surface area contributed by atoms with Crippen LogP contribution in [-0.4, -0.2) is 29.1 Å². The van der Waals surface area contributed by atoms with Gasteiger partial charge in [-0.25, -0.2) is 0 Å². The third-order valence-electron chi connectivity index (χ3n) is 4.53. The van der Waals surface area contributed by atoms with Crippen molar-refractivity contribution in [3.05, 3.63) is 35.4 Å². The lowest BCUT2D eigenvalue weighted by Gasteiger charge is -2.36. The third-order valence-corrected chi connectivity index (χ3v) is 4.53. The van der Waals surface area contributed by atoms with Gasteiger partial charge in [-0.1, -0.05) is 51.0 Å². The van der Waals surface area contributed by atoms with E-state index in [4.69, 9.17) is 0 Å². The molecule has 1 heterocycles. The van der Waals surface area contributed by atoms with E-state index in [9.17, 15) is 5.11 Å². The van der Waals surface area contributed by atoms with Crippen LogP contribution < -0.4 is 0 Å². The van der Waals surface area contributed by atoms with Crippen molar-refractivity contribution < 1.29 is 5.11 Å². The first-order valence-electron chi connectivity index (χ1n) is 8.25. The molecule has 0 aromatic heterocycles. The largest absolute Gasteiger partial charge is 0.387 e. The highest BCUT2D eigenvalue weighted by molar-refractivity contribution is 5.24. The van der Waals surface area contributed by atoms with Crippen molar-refractivity contribution in [1.82, 2.24) is 4.90 Å². The van der Waals surface area contributed by atoms with Crippen LogP contribution in [0.25, 0.3) is 0 Å². The van der Waals surface area contributed by atoms with Crippen molar-refractivity contribution >= 4 is 0 Å². The Kier molecular flexibility index (Phi) is 6.06. The molecule has 1 aliphatic rings. The minimum atomic E-state index is -0.349. The van der Waals surface area contributed by atoms with Crippen molar-refractivity contribution in [2.24, 2.45) is 0 Å². The summed E-state index contributed by atoms with van der Waals surface area (Å²) >= 11 is 0. The minimum Gasteiger partial charge on any atom is -0.387 e. The average molecular weight is 275 g/mol. The summed E-state index contributed by atoms with van der Waals surface area (Å²) in [5.74, 6) is 0. The topological polar surface area (TPSA) is 23.5 Å². The second-order valence-electron chi connectivity index (χ2n) is 6.06. The quantitative estimate of drug-likeness (QED) is 0.850. The summed E-state index contributed by atoms with van der Waals surface area (Å²) in [6, 6.07) is 9.18. The maximum Gasteiger partial charge on any atom is 0.0917 e. The number of aliphatic hydroxyl groups excluding tert-OH is 1. The van der Waals surface area contributed by atoms with Crippen molar-refractivity contribution in [3.8, 4) is 0 Å². The summed E-state index contributed by atoms with van der Waals surface area (Å²) in [4.78, 5) is 2.48. The molecule has 0 saturated carbocycles. The maximum atomic E-state index is 10.5. The number of benzene rings is 1. The molecule has 1 saturated heterocycles. The van der Waals surface area contributed by atoms with Gasteiger partial charge in [0.25, 0.3) is 0 Å². The number of aliphatic hydroxyl groups is 1. The molecule has 1 aliphatic heterocycles. The minimum absolute atomic E-state index is 0.349. The van der Waals surface area contributed by atoms with Gasteiger partial charge in [-0.3, -0.25) is 4.90 Å². The zero-order valence-electron chi connectivity index (χ0n) is 13.0. The van der Waals surface area contributed by atoms with Crippen LogP contribution in [0.2, 0.25) is 0 Å². The maximum absolute atomic E-state index is 10.5. The molecule has 1 aromatic carbocycles. The second kappa shape index (κ2) is 7.80. The molecule has 2 atom stereocenters. The van der Waals surface area contributed by atoms with Gasteiger partial charge in [0.1, 0.15) is 0 Å². The summed E-state index contributed by atoms with van der Waals surface area (Å²) in [5, 5.41) is 10.5. The first-order chi connectivity index (χ1) is 9.74. The fourth-order valence-electron chi connectivity index (χ4n) is 3.29. The van der Waals surface area contributed by atoms with Crippen LogP contribution in [0.3, 0.4) is 0 Å². The van der Waals surface area contributed by atoms with E-state index in [1.807, 2.05) is 0 Å². The van der Waals surface area contributed by atoms with Crippen molar-refractivity contribution in [1.29, 1.82) is 0 Å². The molecule has 0 aliphatic carbocycles. The molecule has 2 rings (SSSR count). The Morgan fingerprint density at radius 3 is 2.60 bits per heavy atom. The van der Waals surface area contributed by atoms with Gasteiger partial charge >= 0.3 is 0 Å². The van der Waals surface area contributed by atoms with Crippen molar-refractivity contribution in [2.75, 3.05) is 13.1 Å². The monoisotopic (exact) mass is 275 g/mol. The zero-order valence-corrected chi connectivity index (χ0v) is 13.0. The highest BCUT2D eigenvalue weighted by Gasteiger charge is 2.23. The van der Waals surface area contributed by atoms with Crippen LogP contribution in [0.1, 0.15) is 63.2 Å². The number of likely N-dealkylation sites (tertiary alicyclic amines) is 1. The van der Waals surface area contributed by atoms with Gasteiger partial charge in [0.05, 0.1) is 6.10 Å². The zero-order chi connectivity index (χ0) is 14.4. The molecule has 1 N–H and O–H groups in total. The van der Waals surface area contributed by atoms with Gasteiger partial charge in [0.15, 0.2) is 0 Å². The number of β-amino-alcohol motifs (C(OH)–C–C–N with tert-alkyl or cyclic N) is 1. The van der Waals surface area contributed by atoms with E-state index in [1.165, 1.54) is 37.7 Å². The third kappa shape index (κ3) is 4.07. The number of nitrogens with zero attached hydrogens (tertiary/aromatic N) is 1. The predicted molar refractivity (Wildman–Crippen MR) is 84.9 cm³/mol. The fourth-order valence-corrected chi connectivity index (χ4v) is 3.29. The number of rotatable bonds is 6. The van der Waals surface area contributed by atoms with E-state index in [0.29, 0.717) is 6.04 Å². The lowest BCUT2D eigenvalue weighted by atomic mass is 9.98. The molecule has 0 radical (unpaired) electrons. The SMILES string of the molecule is CCCc1ccc(C(O)CN2CCCCC2CC)cc1. The molecule has 2 heteroatoms. The lowest BCUT2D eigenvalue weighted by molar-refractivity contribution is 0.0656. The molecule has 2 nitrogen and oxygen atoms in total. The van der Waals surface area contributed by atoms with E-state index in [2.05, 4.69) is 43.0 Å². The van der Waals surface area contributed by atoms with E-state index < -0.39 is 0 Å². The first-order valence-corrected chi connectivity index (χ1v) is 8.25. The van der Waals surface area contributed by atoms with Crippen LogP contribution in [0, 0.1) is 0 Å². The summed E-state index contributed by atoms with van der Waals surface area (Å²) in [7, 11) is 0. The second-order valence-corrected chi connectivity index (χ2v) is 6.06. The first kappa shape index (κ1) is 15.5. The van der Waals surface area contributed by atoms with Crippen LogP contribution >= 0.6 is 0 Å². The van der Waals surface area contributed by atoms with Crippen molar-refractivity contribution in [2.45, 2.75) is 64.5 Å². The fraction of sp³-hybridized carbons (Fsp3) is 0.667. The molecule has 1 aromatic rings. The lowest BCUT2D eigenvalue weighted by Crippen LogP contribution is -2.41. The highest BCUT2D eigenvalue weighted by Crippen LogP contribution is 2.23. The van der Waals surface area contributed by atoms with Gasteiger partial charge in [-0.15, -0.1) is 0 Å². The number of hydrogen-bond donors (Lipinski definition) is 1. The Labute approximate surface area is 123 Å². The summed E-state index contributed by atoms with van der Waals surface area (Å²) in [6.45, 7) is 6.38. The van der Waals surface area contributed by atoms with E-state index in [-0.39, 0.29) is 6.10 Å². The van der Waals surface area contributed by atoms with Crippen LogP contribution in [0.15, 0.2) is 24.3 Å². The number of aryl methyl sites for hydroxylation is 1. The number of hydrogen-bond acceptors (Lipinski definition) is 2. The van der Waals surface area contributed by atoms with E-state index in [0.717, 1.165) is 25.1 Å². The van der Waals surface area contributed by atoms with E-state index in [1.54, 1.807) is 0 Å². The average Bonchev–Trinajstić information content (AvgIpc) is 2.49. The van der Waals surface area contributed by atoms with Gasteiger partial charge in [-0.2, -0.15) is 0 Å². The molecule has 0 spiro atoms. The Hall–Kier alpha value is -0.860. The van der Waals surface area contributed by atoms with E-state index >= 15 is 0 Å². The number of piperidine rings is 1. The van der Waals surface area contributed by atoms with Crippen LogP contribution in [0.5, 0.6) is 0 Å². The standard InChI is InChI=1S/C18H29NO/c1-3-7-15-9-11-16(12-10-15)18(20)14-19-13-6-5-8-17(19)4-2/h9-12,17-18,20H,3-8,13-14H2,1-2H3. The van der Waals surface area contributed by atoms with Crippen molar-refractivity contribution in [3.63, 3.8) is 0 Å². The summed E-state index contributed by atoms with van der Waals surface area (Å²) < 4.78 is 0. The Bertz CT molecular complexity index is 387. The van der Waals surface area contributed by atoms with Gasteiger partial charge in [-0.05, 0) is 43.4 Å². The van der Waals surface area contributed by atoms with Gasteiger partial charge in [0.2, 0.25) is 0 Å². The molecule has 0 amide bonds. The molecule has 112 valence electrons. The Morgan fingerprint density at radius 2 is 1.95 bits per heavy atom. The molecule has 20 heavy (non-hydrogen) atoms. The van der Waals surface area contributed by atoms with Crippen LogP contribution in [0.4, 0.5) is 0 Å². The molecule has 2 unspecified atom stereocenters. The normalized spacial score (nSPS) is 21.9. The Balaban J connectivity index is 1.94. The Morgan fingerprint density at radius 1 is 1.20 bits per heavy atom. The van der Waals surface area contributed by atoms with Crippen LogP contribution in [-0.2, 0) is 6.42 Å².